The quantitative estimate of drug-likeness (QED) is 0.326. The van der Waals surface area contributed by atoms with E-state index in [-0.39, 0.29) is 5.82 Å². The number of hydrogen-bond donors (Lipinski definition) is 0. The molecule has 31 heavy (non-hydrogen) atoms. The van der Waals surface area contributed by atoms with Gasteiger partial charge in [0.05, 0.1) is 25.3 Å². The molecule has 0 spiro atoms. The molecule has 4 aromatic rings. The standard InChI is InChI=1S/C24H22FN3OS2/c1-3-22-27-23(17-10-12-19(25)13-11-17)24(30-22)18-14-15-26-21(16-18)28-31(29,4-2)20-8-6-5-7-9-20/h5-16H,3-4H2,1-2H3. The van der Waals surface area contributed by atoms with Crippen LogP contribution < -0.4 is 0 Å². The molecule has 4 nitrogen and oxygen atoms in total. The highest BCUT2D eigenvalue weighted by atomic mass is 32.2. The van der Waals surface area contributed by atoms with Crippen LogP contribution in [0.15, 0.2) is 82.2 Å². The Morgan fingerprint density at radius 2 is 1.74 bits per heavy atom. The van der Waals surface area contributed by atoms with Crippen LogP contribution in [0.4, 0.5) is 10.2 Å². The van der Waals surface area contributed by atoms with E-state index >= 15 is 0 Å². The molecule has 4 rings (SSSR count). The van der Waals surface area contributed by atoms with Gasteiger partial charge in [-0.05, 0) is 60.5 Å². The van der Waals surface area contributed by atoms with E-state index in [1.807, 2.05) is 49.4 Å². The van der Waals surface area contributed by atoms with E-state index in [4.69, 9.17) is 4.98 Å². The number of rotatable bonds is 6. The highest BCUT2D eigenvalue weighted by Crippen LogP contribution is 2.38. The van der Waals surface area contributed by atoms with Crippen molar-refractivity contribution in [3.8, 4) is 21.7 Å². The van der Waals surface area contributed by atoms with Crippen LogP contribution in [0.5, 0.6) is 0 Å². The van der Waals surface area contributed by atoms with Gasteiger partial charge < -0.3 is 0 Å². The fraction of sp³-hybridized carbons (Fsp3) is 0.167. The van der Waals surface area contributed by atoms with Crippen molar-refractivity contribution < 1.29 is 8.60 Å². The first-order chi connectivity index (χ1) is 15.0. The van der Waals surface area contributed by atoms with Crippen molar-refractivity contribution in [3.63, 3.8) is 0 Å². The van der Waals surface area contributed by atoms with Crippen LogP contribution >= 0.6 is 11.3 Å². The molecular formula is C24H22FN3OS2. The Bertz CT molecular complexity index is 1310. The summed E-state index contributed by atoms with van der Waals surface area (Å²) in [4.78, 5) is 10.8. The monoisotopic (exact) mass is 451 g/mol. The molecule has 7 heteroatoms. The summed E-state index contributed by atoms with van der Waals surface area (Å²) in [6.45, 7) is 3.92. The van der Waals surface area contributed by atoms with Gasteiger partial charge in [-0.1, -0.05) is 32.0 Å². The predicted octanol–water partition coefficient (Wildman–Crippen LogP) is 6.75. The Morgan fingerprint density at radius 1 is 1.00 bits per heavy atom. The maximum atomic E-state index is 13.5. The number of aryl methyl sites for hydroxylation is 1. The van der Waals surface area contributed by atoms with E-state index in [0.29, 0.717) is 16.5 Å². The Kier molecular flexibility index (Phi) is 6.25. The number of thiazole rings is 1. The van der Waals surface area contributed by atoms with Gasteiger partial charge in [0.15, 0.2) is 5.82 Å². The van der Waals surface area contributed by atoms with Gasteiger partial charge in [0.1, 0.15) is 5.82 Å². The van der Waals surface area contributed by atoms with Gasteiger partial charge in [-0.25, -0.2) is 18.6 Å². The molecular weight excluding hydrogens is 429 g/mol. The molecule has 0 saturated carbocycles. The topological polar surface area (TPSA) is 55.2 Å². The lowest BCUT2D eigenvalue weighted by Gasteiger charge is -2.08. The smallest absolute Gasteiger partial charge is 0.162 e. The van der Waals surface area contributed by atoms with Crippen molar-refractivity contribution in [2.24, 2.45) is 4.36 Å². The number of benzene rings is 2. The number of nitrogens with zero attached hydrogens (tertiary/aromatic N) is 3. The second kappa shape index (κ2) is 9.08. The zero-order valence-corrected chi connectivity index (χ0v) is 18.9. The summed E-state index contributed by atoms with van der Waals surface area (Å²) < 4.78 is 31.5. The van der Waals surface area contributed by atoms with E-state index in [1.165, 1.54) is 12.1 Å². The molecule has 2 aromatic heterocycles. The summed E-state index contributed by atoms with van der Waals surface area (Å²) >= 11 is 1.59. The molecule has 0 fully saturated rings. The van der Waals surface area contributed by atoms with Crippen molar-refractivity contribution in [2.45, 2.75) is 25.2 Å². The van der Waals surface area contributed by atoms with Gasteiger partial charge in [-0.3, -0.25) is 0 Å². The van der Waals surface area contributed by atoms with Gasteiger partial charge in [-0.2, -0.15) is 4.36 Å². The number of halogens is 1. The molecule has 0 aliphatic rings. The minimum Gasteiger partial charge on any atom is -0.244 e. The molecule has 2 aromatic carbocycles. The third kappa shape index (κ3) is 4.57. The summed E-state index contributed by atoms with van der Waals surface area (Å²) in [5.74, 6) is 0.533. The summed E-state index contributed by atoms with van der Waals surface area (Å²) in [7, 11) is -2.62. The summed E-state index contributed by atoms with van der Waals surface area (Å²) in [6.07, 6.45) is 2.48. The van der Waals surface area contributed by atoms with E-state index < -0.39 is 9.73 Å². The first-order valence-electron chi connectivity index (χ1n) is 10.0. The highest BCUT2D eigenvalue weighted by Gasteiger charge is 2.16. The summed E-state index contributed by atoms with van der Waals surface area (Å²) in [5.41, 5.74) is 2.55. The molecule has 0 radical (unpaired) electrons. The van der Waals surface area contributed by atoms with Crippen LogP contribution in [-0.4, -0.2) is 19.9 Å². The summed E-state index contributed by atoms with van der Waals surface area (Å²) in [6, 6.07) is 19.4. The molecule has 158 valence electrons. The maximum absolute atomic E-state index is 13.5. The fourth-order valence-electron chi connectivity index (χ4n) is 3.19. The maximum Gasteiger partial charge on any atom is 0.162 e. The average Bonchev–Trinajstić information content (AvgIpc) is 3.25. The SMILES string of the molecule is CCc1nc(-c2ccc(F)cc2)c(-c2ccnc(N=S(=O)(CC)c3ccccc3)c2)s1. The van der Waals surface area contributed by atoms with Gasteiger partial charge in [0.25, 0.3) is 0 Å². The van der Waals surface area contributed by atoms with Crippen molar-refractivity contribution in [2.75, 3.05) is 5.75 Å². The Balaban J connectivity index is 1.82. The van der Waals surface area contributed by atoms with Crippen molar-refractivity contribution in [1.82, 2.24) is 9.97 Å². The van der Waals surface area contributed by atoms with E-state index in [0.717, 1.165) is 33.1 Å². The molecule has 1 atom stereocenters. The van der Waals surface area contributed by atoms with Crippen molar-refractivity contribution >= 4 is 26.9 Å². The van der Waals surface area contributed by atoms with E-state index in [2.05, 4.69) is 16.3 Å². The van der Waals surface area contributed by atoms with Gasteiger partial charge in [-0.15, -0.1) is 11.3 Å². The molecule has 0 saturated heterocycles. The van der Waals surface area contributed by atoms with Crippen LogP contribution in [0.2, 0.25) is 0 Å². The normalized spacial score (nSPS) is 13.0. The second-order valence-electron chi connectivity index (χ2n) is 6.88. The minimum absolute atomic E-state index is 0.281. The van der Waals surface area contributed by atoms with E-state index in [9.17, 15) is 8.60 Å². The van der Waals surface area contributed by atoms with Gasteiger partial charge >= 0.3 is 0 Å². The van der Waals surface area contributed by atoms with Crippen LogP contribution in [0, 0.1) is 5.82 Å². The van der Waals surface area contributed by atoms with Gasteiger partial charge in [0, 0.05) is 22.4 Å². The van der Waals surface area contributed by atoms with Crippen LogP contribution in [0.1, 0.15) is 18.9 Å². The van der Waals surface area contributed by atoms with Crippen LogP contribution in [0.3, 0.4) is 0 Å². The predicted molar refractivity (Wildman–Crippen MR) is 126 cm³/mol. The summed E-state index contributed by atoms with van der Waals surface area (Å²) in [5, 5.41) is 0.992. The Hall–Kier alpha value is -2.90. The van der Waals surface area contributed by atoms with Crippen LogP contribution in [0.25, 0.3) is 21.7 Å². The lowest BCUT2D eigenvalue weighted by atomic mass is 10.1. The zero-order valence-electron chi connectivity index (χ0n) is 17.3. The second-order valence-corrected chi connectivity index (χ2v) is 10.5. The van der Waals surface area contributed by atoms with E-state index in [1.54, 1.807) is 29.7 Å². The number of pyridine rings is 1. The molecule has 1 unspecified atom stereocenters. The molecule has 0 amide bonds. The van der Waals surface area contributed by atoms with Crippen molar-refractivity contribution in [3.05, 3.63) is 83.8 Å². The fourth-order valence-corrected chi connectivity index (χ4v) is 5.77. The van der Waals surface area contributed by atoms with Crippen LogP contribution in [-0.2, 0) is 16.1 Å². The Labute approximate surface area is 186 Å². The number of aromatic nitrogens is 2. The zero-order chi connectivity index (χ0) is 21.8. The third-order valence-corrected chi connectivity index (χ3v) is 8.37. The van der Waals surface area contributed by atoms with Gasteiger partial charge in [0.2, 0.25) is 0 Å². The highest BCUT2D eigenvalue weighted by molar-refractivity contribution is 7.93. The molecule has 0 aliphatic heterocycles. The average molecular weight is 452 g/mol. The first-order valence-corrected chi connectivity index (χ1v) is 12.5. The minimum atomic E-state index is -2.62. The Morgan fingerprint density at radius 3 is 2.42 bits per heavy atom. The molecule has 0 bridgehead atoms. The molecule has 0 N–H and O–H groups in total. The molecule has 0 aliphatic carbocycles. The number of hydrogen-bond acceptors (Lipinski definition) is 5. The lowest BCUT2D eigenvalue weighted by Crippen LogP contribution is -2.03. The molecule has 2 heterocycles. The largest absolute Gasteiger partial charge is 0.244 e. The lowest BCUT2D eigenvalue weighted by molar-refractivity contribution is 0.628. The first kappa shape index (κ1) is 21.3. The van der Waals surface area contributed by atoms with Crippen molar-refractivity contribution in [1.29, 1.82) is 0 Å². The third-order valence-electron chi connectivity index (χ3n) is 4.84.